The van der Waals surface area contributed by atoms with Crippen LogP contribution < -0.4 is 5.73 Å². The van der Waals surface area contributed by atoms with Crippen molar-refractivity contribution in [3.63, 3.8) is 0 Å². The van der Waals surface area contributed by atoms with Crippen LogP contribution in [0.3, 0.4) is 0 Å². The third-order valence-corrected chi connectivity index (χ3v) is 6.90. The monoisotopic (exact) mass is 390 g/mol. The van der Waals surface area contributed by atoms with Gasteiger partial charge in [0.05, 0.1) is 10.9 Å². The van der Waals surface area contributed by atoms with Gasteiger partial charge in [0, 0.05) is 49.3 Å². The fourth-order valence-electron chi connectivity index (χ4n) is 3.48. The molecule has 1 aliphatic rings. The molecule has 0 spiro atoms. The summed E-state index contributed by atoms with van der Waals surface area (Å²) in [5.41, 5.74) is 5.95. The van der Waals surface area contributed by atoms with Gasteiger partial charge < -0.3 is 10.6 Å². The van der Waals surface area contributed by atoms with Gasteiger partial charge in [-0.15, -0.1) is 0 Å². The van der Waals surface area contributed by atoms with Crippen molar-refractivity contribution in [1.82, 2.24) is 14.2 Å². The quantitative estimate of drug-likeness (QED) is 0.836. The lowest BCUT2D eigenvalue weighted by Gasteiger charge is -2.24. The summed E-state index contributed by atoms with van der Waals surface area (Å²) in [6, 6.07) is 6.42. The summed E-state index contributed by atoms with van der Waals surface area (Å²) >= 11 is 0. The molecular formula is C19H26N4O3S. The lowest BCUT2D eigenvalue weighted by Crippen LogP contribution is -2.45. The molecule has 7 nitrogen and oxygen atoms in total. The van der Waals surface area contributed by atoms with Crippen LogP contribution >= 0.6 is 0 Å². The second-order valence-corrected chi connectivity index (χ2v) is 8.74. The molecule has 2 aromatic rings. The van der Waals surface area contributed by atoms with Crippen LogP contribution in [0.5, 0.6) is 0 Å². The van der Waals surface area contributed by atoms with Crippen LogP contribution in [0, 0.1) is 0 Å². The highest BCUT2D eigenvalue weighted by molar-refractivity contribution is 7.89. The molecule has 1 fully saturated rings. The van der Waals surface area contributed by atoms with Crippen molar-refractivity contribution in [2.45, 2.75) is 37.1 Å². The van der Waals surface area contributed by atoms with Gasteiger partial charge in [-0.3, -0.25) is 9.78 Å². The van der Waals surface area contributed by atoms with E-state index in [2.05, 4.69) is 4.98 Å². The minimum atomic E-state index is -3.66. The minimum Gasteiger partial charge on any atom is -0.340 e. The van der Waals surface area contributed by atoms with E-state index in [1.165, 1.54) is 4.31 Å². The highest BCUT2D eigenvalue weighted by Crippen LogP contribution is 2.26. The summed E-state index contributed by atoms with van der Waals surface area (Å²) < 4.78 is 28.0. The maximum Gasteiger partial charge on any atom is 0.243 e. The number of sulfonamides is 1. The summed E-state index contributed by atoms with van der Waals surface area (Å²) in [5.74, 6) is -0.0904. The summed E-state index contributed by atoms with van der Waals surface area (Å²) in [6.07, 6.45) is 5.33. The SMILES string of the molecule is CCCC(N)C(=O)N1CCCN(S(=O)(=O)c2cccc3cnccc23)CC1. The summed E-state index contributed by atoms with van der Waals surface area (Å²) in [5, 5.41) is 1.45. The molecule has 1 aromatic heterocycles. The molecule has 8 heteroatoms. The Kier molecular flexibility index (Phi) is 6.08. The first-order valence-electron chi connectivity index (χ1n) is 9.32. The van der Waals surface area contributed by atoms with Gasteiger partial charge in [0.1, 0.15) is 0 Å². The van der Waals surface area contributed by atoms with Crippen LogP contribution in [0.1, 0.15) is 26.2 Å². The average Bonchev–Trinajstić information content (AvgIpc) is 2.94. The van der Waals surface area contributed by atoms with Crippen LogP contribution in [-0.4, -0.2) is 60.7 Å². The highest BCUT2D eigenvalue weighted by Gasteiger charge is 2.30. The number of amides is 1. The van der Waals surface area contributed by atoms with E-state index in [9.17, 15) is 13.2 Å². The number of aromatic nitrogens is 1. The molecule has 146 valence electrons. The van der Waals surface area contributed by atoms with Gasteiger partial charge in [-0.25, -0.2) is 8.42 Å². The first-order valence-corrected chi connectivity index (χ1v) is 10.8. The molecule has 0 radical (unpaired) electrons. The Labute approximate surface area is 160 Å². The van der Waals surface area contributed by atoms with Crippen molar-refractivity contribution in [2.75, 3.05) is 26.2 Å². The fourth-order valence-corrected chi connectivity index (χ4v) is 5.16. The van der Waals surface area contributed by atoms with Crippen molar-refractivity contribution < 1.29 is 13.2 Å². The van der Waals surface area contributed by atoms with E-state index >= 15 is 0 Å². The van der Waals surface area contributed by atoms with Gasteiger partial charge in [0.25, 0.3) is 0 Å². The molecule has 2 heterocycles. The average molecular weight is 391 g/mol. The normalized spacial score (nSPS) is 17.6. The number of nitrogens with zero attached hydrogens (tertiary/aromatic N) is 3. The molecule has 1 amide bonds. The van der Waals surface area contributed by atoms with Crippen LogP contribution in [-0.2, 0) is 14.8 Å². The number of hydrogen-bond acceptors (Lipinski definition) is 5. The molecule has 0 bridgehead atoms. The Morgan fingerprint density at radius 2 is 2.04 bits per heavy atom. The molecular weight excluding hydrogens is 364 g/mol. The molecule has 27 heavy (non-hydrogen) atoms. The summed E-state index contributed by atoms with van der Waals surface area (Å²) in [7, 11) is -3.66. The number of pyridine rings is 1. The predicted molar refractivity (Wildman–Crippen MR) is 105 cm³/mol. The van der Waals surface area contributed by atoms with Crippen LogP contribution in [0.25, 0.3) is 10.8 Å². The van der Waals surface area contributed by atoms with E-state index in [1.54, 1.807) is 35.5 Å². The Morgan fingerprint density at radius 3 is 2.81 bits per heavy atom. The van der Waals surface area contributed by atoms with Crippen molar-refractivity contribution >= 4 is 26.7 Å². The van der Waals surface area contributed by atoms with Crippen molar-refractivity contribution in [1.29, 1.82) is 0 Å². The van der Waals surface area contributed by atoms with E-state index in [-0.39, 0.29) is 17.3 Å². The summed E-state index contributed by atoms with van der Waals surface area (Å²) in [4.78, 5) is 18.5. The van der Waals surface area contributed by atoms with Gasteiger partial charge in [0.15, 0.2) is 0 Å². The second-order valence-electron chi connectivity index (χ2n) is 6.83. The van der Waals surface area contributed by atoms with Gasteiger partial charge >= 0.3 is 0 Å². The third kappa shape index (κ3) is 4.12. The number of fused-ring (bicyclic) bond motifs is 1. The lowest BCUT2D eigenvalue weighted by atomic mass is 10.1. The van der Waals surface area contributed by atoms with Gasteiger partial charge in [-0.2, -0.15) is 4.31 Å². The van der Waals surface area contributed by atoms with Crippen molar-refractivity contribution in [3.05, 3.63) is 36.7 Å². The first kappa shape index (κ1) is 19.7. The van der Waals surface area contributed by atoms with E-state index < -0.39 is 16.1 Å². The van der Waals surface area contributed by atoms with Crippen LogP contribution in [0.15, 0.2) is 41.6 Å². The molecule has 0 saturated carbocycles. The van der Waals surface area contributed by atoms with Crippen LogP contribution in [0.2, 0.25) is 0 Å². The first-order chi connectivity index (χ1) is 12.9. The van der Waals surface area contributed by atoms with E-state index in [4.69, 9.17) is 5.73 Å². The number of carbonyl (C=O) groups is 1. The topological polar surface area (TPSA) is 96.6 Å². The maximum absolute atomic E-state index is 13.2. The van der Waals surface area contributed by atoms with Crippen molar-refractivity contribution in [2.24, 2.45) is 5.73 Å². The fraction of sp³-hybridized carbons (Fsp3) is 0.474. The Balaban J connectivity index is 1.81. The minimum absolute atomic E-state index is 0.0904. The molecule has 1 aliphatic heterocycles. The van der Waals surface area contributed by atoms with Crippen molar-refractivity contribution in [3.8, 4) is 0 Å². The molecule has 2 N–H and O–H groups in total. The number of nitrogens with two attached hydrogens (primary N) is 1. The maximum atomic E-state index is 13.2. The molecule has 1 aromatic carbocycles. The van der Waals surface area contributed by atoms with Gasteiger partial charge in [0.2, 0.25) is 15.9 Å². The van der Waals surface area contributed by atoms with Crippen LogP contribution in [0.4, 0.5) is 0 Å². The number of rotatable bonds is 5. The smallest absolute Gasteiger partial charge is 0.243 e. The Bertz CT molecular complexity index is 911. The van der Waals surface area contributed by atoms with E-state index in [1.807, 2.05) is 13.0 Å². The Morgan fingerprint density at radius 1 is 1.22 bits per heavy atom. The zero-order valence-corrected chi connectivity index (χ0v) is 16.4. The molecule has 1 saturated heterocycles. The molecule has 1 atom stereocenters. The lowest BCUT2D eigenvalue weighted by molar-refractivity contribution is -0.132. The van der Waals surface area contributed by atoms with E-state index in [0.29, 0.717) is 37.9 Å². The largest absolute Gasteiger partial charge is 0.340 e. The number of benzene rings is 1. The molecule has 0 aliphatic carbocycles. The van der Waals surface area contributed by atoms with Gasteiger partial charge in [-0.1, -0.05) is 25.5 Å². The van der Waals surface area contributed by atoms with Gasteiger partial charge in [-0.05, 0) is 25.0 Å². The number of carbonyl (C=O) groups excluding carboxylic acids is 1. The van der Waals surface area contributed by atoms with E-state index in [0.717, 1.165) is 11.8 Å². The summed E-state index contributed by atoms with van der Waals surface area (Å²) in [6.45, 7) is 3.54. The zero-order valence-electron chi connectivity index (χ0n) is 15.5. The predicted octanol–water partition coefficient (Wildman–Crippen LogP) is 1.59. The Hall–Kier alpha value is -2.03. The third-order valence-electron chi connectivity index (χ3n) is 4.94. The standard InChI is InChI=1S/C19H26N4O3S/c1-2-5-17(20)19(24)22-10-4-11-23(13-12-22)27(25,26)18-7-3-6-15-14-21-9-8-16(15)18/h3,6-9,14,17H,2,4-5,10-13,20H2,1H3. The second kappa shape index (κ2) is 8.33. The zero-order chi connectivity index (χ0) is 19.4. The number of hydrogen-bond donors (Lipinski definition) is 1. The highest BCUT2D eigenvalue weighted by atomic mass is 32.2. The molecule has 1 unspecified atom stereocenters. The molecule has 3 rings (SSSR count).